The van der Waals surface area contributed by atoms with Gasteiger partial charge >= 0.3 is 0 Å². The van der Waals surface area contributed by atoms with Gasteiger partial charge in [0, 0.05) is 0 Å². The van der Waals surface area contributed by atoms with Crippen LogP contribution in [0.5, 0.6) is 0 Å². The lowest BCUT2D eigenvalue weighted by Crippen LogP contribution is -2.60. The second-order valence-corrected chi connectivity index (χ2v) is 7.20. The molecule has 2 fully saturated rings. The number of aliphatic hydroxyl groups excluding tert-OH is 4. The summed E-state index contributed by atoms with van der Waals surface area (Å²) < 4.78 is 11.4. The van der Waals surface area contributed by atoms with Crippen molar-refractivity contribution in [1.29, 1.82) is 0 Å². The van der Waals surface area contributed by atoms with E-state index >= 15 is 0 Å². The molecule has 2 rings (SSSR count). The summed E-state index contributed by atoms with van der Waals surface area (Å²) in [6.07, 6.45) is -2.90. The van der Waals surface area contributed by atoms with E-state index in [-0.39, 0.29) is 6.10 Å². The lowest BCUT2D eigenvalue weighted by Gasteiger charge is -2.44. The third-order valence-electron chi connectivity index (χ3n) is 5.12. The molecule has 130 valence electrons. The molecular weight excluding hydrogens is 288 g/mol. The monoisotopic (exact) mass is 318 g/mol. The Labute approximate surface area is 132 Å². The third-order valence-corrected chi connectivity index (χ3v) is 5.12. The molecule has 1 aliphatic heterocycles. The minimum absolute atomic E-state index is 0.0508. The largest absolute Gasteiger partial charge is 0.394 e. The fourth-order valence-corrected chi connectivity index (χ4v) is 3.62. The number of hydrogen-bond donors (Lipinski definition) is 4. The van der Waals surface area contributed by atoms with Gasteiger partial charge in [-0.1, -0.05) is 27.2 Å². The van der Waals surface area contributed by atoms with Gasteiger partial charge in [-0.25, -0.2) is 0 Å². The molecule has 0 aromatic heterocycles. The molecule has 0 radical (unpaired) electrons. The van der Waals surface area contributed by atoms with Crippen molar-refractivity contribution in [3.63, 3.8) is 0 Å². The smallest absolute Gasteiger partial charge is 0.186 e. The highest BCUT2D eigenvalue weighted by Gasteiger charge is 2.46. The van der Waals surface area contributed by atoms with E-state index in [1.165, 1.54) is 0 Å². The predicted molar refractivity (Wildman–Crippen MR) is 80.0 cm³/mol. The number of ether oxygens (including phenoxy) is 2. The lowest BCUT2D eigenvalue weighted by molar-refractivity contribution is -0.318. The van der Waals surface area contributed by atoms with E-state index in [1.807, 2.05) is 0 Å². The summed E-state index contributed by atoms with van der Waals surface area (Å²) in [5.74, 6) is 1.39. The van der Waals surface area contributed by atoms with Gasteiger partial charge < -0.3 is 29.9 Å². The van der Waals surface area contributed by atoms with Crippen molar-refractivity contribution in [1.82, 2.24) is 0 Å². The highest BCUT2D eigenvalue weighted by molar-refractivity contribution is 4.90. The van der Waals surface area contributed by atoms with Gasteiger partial charge in [-0.3, -0.25) is 0 Å². The summed E-state index contributed by atoms with van der Waals surface area (Å²) in [6, 6.07) is 0. The van der Waals surface area contributed by atoms with Crippen molar-refractivity contribution >= 4 is 0 Å². The first-order valence-electron chi connectivity index (χ1n) is 8.31. The Balaban J connectivity index is 2.06. The molecule has 3 unspecified atom stereocenters. The van der Waals surface area contributed by atoms with Crippen LogP contribution in [0.4, 0.5) is 0 Å². The standard InChI is InChI=1S/C16H30O6/c1-8(2)10-5-4-9(3)6-11(10)21-16-15(20)14(19)13(18)12(7-17)22-16/h8-20H,4-7H2,1-3H3/t9?,10?,11?,12-,13+,14+,15-,16-/m1/s1. The zero-order valence-corrected chi connectivity index (χ0v) is 13.6. The lowest BCUT2D eigenvalue weighted by atomic mass is 9.75. The van der Waals surface area contributed by atoms with E-state index in [4.69, 9.17) is 9.47 Å². The topological polar surface area (TPSA) is 99.4 Å². The highest BCUT2D eigenvalue weighted by Crippen LogP contribution is 2.37. The van der Waals surface area contributed by atoms with Crippen LogP contribution in [-0.2, 0) is 9.47 Å². The molecule has 6 heteroatoms. The van der Waals surface area contributed by atoms with Gasteiger partial charge in [0.05, 0.1) is 12.7 Å². The molecule has 1 saturated carbocycles. The Morgan fingerprint density at radius 1 is 1.09 bits per heavy atom. The van der Waals surface area contributed by atoms with E-state index in [2.05, 4.69) is 20.8 Å². The van der Waals surface area contributed by atoms with Crippen LogP contribution in [0.1, 0.15) is 40.0 Å². The maximum atomic E-state index is 10.1. The van der Waals surface area contributed by atoms with Crippen molar-refractivity contribution in [2.24, 2.45) is 17.8 Å². The summed E-state index contributed by atoms with van der Waals surface area (Å²) in [5, 5.41) is 39.0. The van der Waals surface area contributed by atoms with Crippen LogP contribution < -0.4 is 0 Å². The Hall–Kier alpha value is -0.240. The molecule has 1 aliphatic carbocycles. The molecule has 0 amide bonds. The number of aliphatic hydroxyl groups is 4. The summed E-state index contributed by atoms with van der Waals surface area (Å²) >= 11 is 0. The van der Waals surface area contributed by atoms with E-state index < -0.39 is 37.3 Å². The average Bonchev–Trinajstić information content (AvgIpc) is 2.47. The number of hydrogen-bond acceptors (Lipinski definition) is 6. The predicted octanol–water partition coefficient (Wildman–Crippen LogP) is 0.264. The molecule has 0 aromatic carbocycles. The second-order valence-electron chi connectivity index (χ2n) is 7.20. The Bertz CT molecular complexity index is 348. The fraction of sp³-hybridized carbons (Fsp3) is 1.00. The van der Waals surface area contributed by atoms with Gasteiger partial charge in [0.25, 0.3) is 0 Å². The van der Waals surface area contributed by atoms with Gasteiger partial charge in [-0.05, 0) is 30.6 Å². The Morgan fingerprint density at radius 2 is 1.77 bits per heavy atom. The average molecular weight is 318 g/mol. The van der Waals surface area contributed by atoms with E-state index in [9.17, 15) is 20.4 Å². The van der Waals surface area contributed by atoms with Crippen LogP contribution in [0, 0.1) is 17.8 Å². The summed E-state index contributed by atoms with van der Waals surface area (Å²) in [6.45, 7) is 6.06. The minimum atomic E-state index is -1.38. The first-order chi connectivity index (χ1) is 10.3. The Kier molecular flexibility index (Phi) is 6.22. The van der Waals surface area contributed by atoms with Gasteiger partial charge in [0.1, 0.15) is 24.4 Å². The van der Waals surface area contributed by atoms with Gasteiger partial charge in [0.15, 0.2) is 6.29 Å². The zero-order valence-electron chi connectivity index (χ0n) is 13.6. The summed E-state index contributed by atoms with van der Waals surface area (Å²) in [5.41, 5.74) is 0. The van der Waals surface area contributed by atoms with Crippen molar-refractivity contribution in [2.45, 2.75) is 76.8 Å². The van der Waals surface area contributed by atoms with E-state index in [0.29, 0.717) is 17.8 Å². The van der Waals surface area contributed by atoms with Crippen LogP contribution in [0.15, 0.2) is 0 Å². The fourth-order valence-electron chi connectivity index (χ4n) is 3.62. The second kappa shape index (κ2) is 7.55. The SMILES string of the molecule is CC1CCC(C(C)C)C(O[C@@H]2O[C@H](CO)[C@H](O)[C@H](O)[C@H]2O)C1. The maximum absolute atomic E-state index is 10.1. The van der Waals surface area contributed by atoms with Crippen LogP contribution in [0.2, 0.25) is 0 Å². The highest BCUT2D eigenvalue weighted by atomic mass is 16.7. The molecular formula is C16H30O6. The number of rotatable bonds is 4. The molecule has 1 saturated heterocycles. The molecule has 0 bridgehead atoms. The normalized spacial score (nSPS) is 46.9. The van der Waals surface area contributed by atoms with E-state index in [1.54, 1.807) is 0 Å². The molecule has 4 N–H and O–H groups in total. The maximum Gasteiger partial charge on any atom is 0.186 e. The summed E-state index contributed by atoms with van der Waals surface area (Å²) in [7, 11) is 0. The molecule has 8 atom stereocenters. The van der Waals surface area contributed by atoms with Crippen LogP contribution >= 0.6 is 0 Å². The minimum Gasteiger partial charge on any atom is -0.394 e. The third kappa shape index (κ3) is 3.80. The zero-order chi connectivity index (χ0) is 16.4. The Morgan fingerprint density at radius 3 is 2.36 bits per heavy atom. The van der Waals surface area contributed by atoms with Crippen molar-refractivity contribution < 1.29 is 29.9 Å². The molecule has 0 spiro atoms. The van der Waals surface area contributed by atoms with Crippen molar-refractivity contribution in [3.8, 4) is 0 Å². The summed E-state index contributed by atoms with van der Waals surface area (Å²) in [4.78, 5) is 0. The van der Waals surface area contributed by atoms with Crippen molar-refractivity contribution in [2.75, 3.05) is 6.61 Å². The van der Waals surface area contributed by atoms with Crippen molar-refractivity contribution in [3.05, 3.63) is 0 Å². The van der Waals surface area contributed by atoms with Crippen LogP contribution in [0.25, 0.3) is 0 Å². The van der Waals surface area contributed by atoms with E-state index in [0.717, 1.165) is 19.3 Å². The van der Waals surface area contributed by atoms with Gasteiger partial charge in [-0.15, -0.1) is 0 Å². The van der Waals surface area contributed by atoms with Crippen LogP contribution in [0.3, 0.4) is 0 Å². The van der Waals surface area contributed by atoms with Gasteiger partial charge in [0.2, 0.25) is 0 Å². The molecule has 0 aromatic rings. The first kappa shape index (κ1) is 18.1. The molecule has 6 nitrogen and oxygen atoms in total. The molecule has 22 heavy (non-hydrogen) atoms. The first-order valence-corrected chi connectivity index (χ1v) is 8.31. The molecule has 2 aliphatic rings. The quantitative estimate of drug-likeness (QED) is 0.593. The van der Waals surface area contributed by atoms with Gasteiger partial charge in [-0.2, -0.15) is 0 Å². The van der Waals surface area contributed by atoms with Crippen LogP contribution in [-0.4, -0.2) is 63.8 Å². The molecule has 1 heterocycles.